The van der Waals surface area contributed by atoms with Gasteiger partial charge in [-0.1, -0.05) is 0 Å². The number of carboxylic acid groups (broad SMARTS) is 1. The van der Waals surface area contributed by atoms with Crippen LogP contribution in [-0.4, -0.2) is 48.6 Å². The highest BCUT2D eigenvalue weighted by molar-refractivity contribution is 5.72. The lowest BCUT2D eigenvalue weighted by Gasteiger charge is -2.22. The zero-order chi connectivity index (χ0) is 12.3. The highest BCUT2D eigenvalue weighted by Gasteiger charge is 2.31. The van der Waals surface area contributed by atoms with Crippen LogP contribution in [0.2, 0.25) is 0 Å². The Morgan fingerprint density at radius 2 is 2.29 bits per heavy atom. The summed E-state index contributed by atoms with van der Waals surface area (Å²) < 4.78 is 11.0. The van der Waals surface area contributed by atoms with E-state index in [1.54, 1.807) is 0 Å². The molecule has 0 aromatic carbocycles. The molecule has 0 spiro atoms. The number of carbonyl (C=O) groups is 1. The third-order valence-corrected chi connectivity index (χ3v) is 3.57. The Labute approximate surface area is 101 Å². The zero-order valence-corrected chi connectivity index (χ0v) is 10.2. The summed E-state index contributed by atoms with van der Waals surface area (Å²) >= 11 is 0. The van der Waals surface area contributed by atoms with Crippen LogP contribution in [0.25, 0.3) is 0 Å². The van der Waals surface area contributed by atoms with Gasteiger partial charge in [0.05, 0.1) is 12.2 Å². The third kappa shape index (κ3) is 3.40. The summed E-state index contributed by atoms with van der Waals surface area (Å²) in [4.78, 5) is 10.7. The molecule has 0 bridgehead atoms. The summed E-state index contributed by atoms with van der Waals surface area (Å²) in [7, 11) is 0. The molecule has 0 radical (unpaired) electrons. The van der Waals surface area contributed by atoms with Gasteiger partial charge in [-0.25, -0.2) is 4.79 Å². The number of nitrogens with one attached hydrogen (secondary N) is 1. The van der Waals surface area contributed by atoms with Crippen molar-refractivity contribution >= 4 is 5.97 Å². The molecule has 2 aliphatic rings. The van der Waals surface area contributed by atoms with Gasteiger partial charge < -0.3 is 19.9 Å². The molecule has 98 valence electrons. The van der Waals surface area contributed by atoms with Crippen LogP contribution in [0.15, 0.2) is 0 Å². The van der Waals surface area contributed by atoms with E-state index in [2.05, 4.69) is 12.2 Å². The second-order valence-electron chi connectivity index (χ2n) is 4.91. The molecule has 5 heteroatoms. The van der Waals surface area contributed by atoms with Crippen LogP contribution in [0.4, 0.5) is 0 Å². The number of ether oxygens (including phenoxy) is 2. The van der Waals surface area contributed by atoms with E-state index in [0.29, 0.717) is 25.1 Å². The maximum Gasteiger partial charge on any atom is 0.332 e. The predicted molar refractivity (Wildman–Crippen MR) is 62.0 cm³/mol. The normalized spacial score (nSPS) is 35.0. The van der Waals surface area contributed by atoms with Crippen molar-refractivity contribution in [3.63, 3.8) is 0 Å². The molecule has 2 aliphatic heterocycles. The molecule has 0 aromatic heterocycles. The maximum absolute atomic E-state index is 10.7. The van der Waals surface area contributed by atoms with Gasteiger partial charge in [0.2, 0.25) is 0 Å². The van der Waals surface area contributed by atoms with Crippen molar-refractivity contribution in [2.75, 3.05) is 13.2 Å². The second-order valence-corrected chi connectivity index (χ2v) is 4.91. The Morgan fingerprint density at radius 1 is 1.47 bits per heavy atom. The number of hydrogen-bond donors (Lipinski definition) is 2. The summed E-state index contributed by atoms with van der Waals surface area (Å²) in [5.41, 5.74) is 0. The van der Waals surface area contributed by atoms with Crippen LogP contribution < -0.4 is 5.32 Å². The molecule has 0 saturated carbocycles. The van der Waals surface area contributed by atoms with Crippen LogP contribution in [0.5, 0.6) is 0 Å². The molecule has 17 heavy (non-hydrogen) atoms. The van der Waals surface area contributed by atoms with Crippen LogP contribution >= 0.6 is 0 Å². The Kier molecular flexibility index (Phi) is 4.36. The van der Waals surface area contributed by atoms with E-state index in [4.69, 9.17) is 14.6 Å². The number of rotatable bonds is 5. The fraction of sp³-hybridized carbons (Fsp3) is 0.917. The molecule has 5 nitrogen and oxygen atoms in total. The van der Waals surface area contributed by atoms with Gasteiger partial charge in [-0.15, -0.1) is 0 Å². The van der Waals surface area contributed by atoms with E-state index >= 15 is 0 Å². The van der Waals surface area contributed by atoms with E-state index in [-0.39, 0.29) is 6.10 Å². The fourth-order valence-electron chi connectivity index (χ4n) is 2.48. The summed E-state index contributed by atoms with van der Waals surface area (Å²) in [6, 6.07) is 0.310. The molecular weight excluding hydrogens is 222 g/mol. The first-order valence-corrected chi connectivity index (χ1v) is 6.40. The summed E-state index contributed by atoms with van der Waals surface area (Å²) in [5, 5.41) is 12.2. The molecular formula is C12H21NO4. The zero-order valence-electron chi connectivity index (χ0n) is 10.2. The first kappa shape index (κ1) is 12.8. The van der Waals surface area contributed by atoms with E-state index in [9.17, 15) is 4.79 Å². The maximum atomic E-state index is 10.7. The van der Waals surface area contributed by atoms with Gasteiger partial charge in [-0.2, -0.15) is 0 Å². The van der Waals surface area contributed by atoms with Gasteiger partial charge in [0, 0.05) is 19.2 Å². The van der Waals surface area contributed by atoms with Crippen LogP contribution in [0, 0.1) is 0 Å². The summed E-state index contributed by atoms with van der Waals surface area (Å²) in [6.45, 7) is 3.68. The highest BCUT2D eigenvalue weighted by atomic mass is 16.5. The molecule has 0 aromatic rings. The molecule has 2 heterocycles. The standard InChI is InChI=1S/C12H21NO4/c1-8(10-3-2-6-16-10)13-7-9-4-5-11(17-9)12(14)15/h8-11,13H,2-7H2,1H3,(H,14,15). The Bertz CT molecular complexity index is 265. The van der Waals surface area contributed by atoms with Gasteiger partial charge in [-0.05, 0) is 32.6 Å². The van der Waals surface area contributed by atoms with Crippen LogP contribution in [0.3, 0.4) is 0 Å². The van der Waals surface area contributed by atoms with E-state index in [1.807, 2.05) is 0 Å². The molecule has 2 fully saturated rings. The van der Waals surface area contributed by atoms with Gasteiger partial charge in [0.15, 0.2) is 6.10 Å². The lowest BCUT2D eigenvalue weighted by Crippen LogP contribution is -2.41. The fourth-order valence-corrected chi connectivity index (χ4v) is 2.48. The van der Waals surface area contributed by atoms with E-state index < -0.39 is 12.1 Å². The van der Waals surface area contributed by atoms with Crippen molar-refractivity contribution < 1.29 is 19.4 Å². The minimum atomic E-state index is -0.848. The average Bonchev–Trinajstić information content (AvgIpc) is 2.97. The third-order valence-electron chi connectivity index (χ3n) is 3.57. The molecule has 2 N–H and O–H groups in total. The molecule has 4 atom stereocenters. The number of aliphatic carboxylic acids is 1. The molecule has 0 amide bonds. The van der Waals surface area contributed by atoms with E-state index in [0.717, 1.165) is 25.9 Å². The predicted octanol–water partition coefficient (Wildman–Crippen LogP) is 0.776. The summed E-state index contributed by atoms with van der Waals surface area (Å²) in [6.07, 6.45) is 3.40. The summed E-state index contributed by atoms with van der Waals surface area (Å²) in [5.74, 6) is -0.848. The monoisotopic (exact) mass is 243 g/mol. The van der Waals surface area contributed by atoms with Gasteiger partial charge in [0.1, 0.15) is 0 Å². The molecule has 0 aliphatic carbocycles. The van der Waals surface area contributed by atoms with Crippen molar-refractivity contribution in [2.24, 2.45) is 0 Å². The SMILES string of the molecule is CC(NCC1CCC(C(=O)O)O1)C1CCCO1. The van der Waals surface area contributed by atoms with Gasteiger partial charge in [0.25, 0.3) is 0 Å². The van der Waals surface area contributed by atoms with Gasteiger partial charge >= 0.3 is 5.97 Å². The minimum Gasteiger partial charge on any atom is -0.479 e. The Morgan fingerprint density at radius 3 is 2.88 bits per heavy atom. The molecule has 4 unspecified atom stereocenters. The minimum absolute atomic E-state index is 0.0277. The van der Waals surface area contributed by atoms with E-state index in [1.165, 1.54) is 0 Å². The number of hydrogen-bond acceptors (Lipinski definition) is 4. The quantitative estimate of drug-likeness (QED) is 0.746. The van der Waals surface area contributed by atoms with Crippen molar-refractivity contribution in [2.45, 2.75) is 57.0 Å². The van der Waals surface area contributed by atoms with Crippen molar-refractivity contribution in [1.82, 2.24) is 5.32 Å². The topological polar surface area (TPSA) is 67.8 Å². The average molecular weight is 243 g/mol. The smallest absolute Gasteiger partial charge is 0.332 e. The first-order chi connectivity index (χ1) is 8.16. The lowest BCUT2D eigenvalue weighted by atomic mass is 10.1. The van der Waals surface area contributed by atoms with Crippen LogP contribution in [0.1, 0.15) is 32.6 Å². The largest absolute Gasteiger partial charge is 0.479 e. The Hall–Kier alpha value is -0.650. The molecule has 2 rings (SSSR count). The Balaban J connectivity index is 1.66. The highest BCUT2D eigenvalue weighted by Crippen LogP contribution is 2.20. The van der Waals surface area contributed by atoms with Crippen molar-refractivity contribution in [3.05, 3.63) is 0 Å². The second kappa shape index (κ2) is 5.80. The van der Waals surface area contributed by atoms with Crippen molar-refractivity contribution in [1.29, 1.82) is 0 Å². The molecule has 2 saturated heterocycles. The van der Waals surface area contributed by atoms with Crippen molar-refractivity contribution in [3.8, 4) is 0 Å². The lowest BCUT2D eigenvalue weighted by molar-refractivity contribution is -0.149. The van der Waals surface area contributed by atoms with Gasteiger partial charge in [-0.3, -0.25) is 0 Å². The van der Waals surface area contributed by atoms with Crippen LogP contribution in [-0.2, 0) is 14.3 Å². The first-order valence-electron chi connectivity index (χ1n) is 6.40. The number of carboxylic acids is 1.